The number of aromatic nitrogens is 2. The zero-order chi connectivity index (χ0) is 21.6. The fourth-order valence-electron chi connectivity index (χ4n) is 3.38. The standard InChI is InChI=1S/C22H21Cl2N5OS/c23-16-10-17(24)12-18(11-16)27-21(30)14-31-22-13-20(25-15-26-22)29-8-6-28(7-9-29)19-4-2-1-3-5-19/h1-5,10-13,15H,6-9,14H2,(H,27,30). The third-order valence-corrected chi connectivity index (χ3v) is 6.21. The van der Waals surface area contributed by atoms with Crippen LogP contribution in [0, 0.1) is 0 Å². The summed E-state index contributed by atoms with van der Waals surface area (Å²) in [5.74, 6) is 0.953. The quantitative estimate of drug-likeness (QED) is 0.408. The number of anilines is 3. The molecule has 2 aromatic carbocycles. The minimum atomic E-state index is -0.153. The predicted molar refractivity (Wildman–Crippen MR) is 129 cm³/mol. The van der Waals surface area contributed by atoms with Crippen LogP contribution in [0.5, 0.6) is 0 Å². The molecule has 1 amide bonds. The number of benzene rings is 2. The second-order valence-electron chi connectivity index (χ2n) is 7.02. The monoisotopic (exact) mass is 473 g/mol. The van der Waals surface area contributed by atoms with E-state index in [1.54, 1.807) is 24.5 Å². The van der Waals surface area contributed by atoms with Crippen LogP contribution in [-0.4, -0.2) is 47.8 Å². The van der Waals surface area contributed by atoms with Gasteiger partial charge in [0.15, 0.2) is 0 Å². The van der Waals surface area contributed by atoms with Gasteiger partial charge in [-0.25, -0.2) is 9.97 Å². The number of nitrogens with zero attached hydrogens (tertiary/aromatic N) is 4. The Bertz CT molecular complexity index is 1020. The highest BCUT2D eigenvalue weighted by atomic mass is 35.5. The molecule has 6 nitrogen and oxygen atoms in total. The summed E-state index contributed by atoms with van der Waals surface area (Å²) in [6, 6.07) is 17.3. The zero-order valence-corrected chi connectivity index (χ0v) is 19.0. The Labute approximate surface area is 195 Å². The smallest absolute Gasteiger partial charge is 0.234 e. The molecule has 1 saturated heterocycles. The second-order valence-corrected chi connectivity index (χ2v) is 8.89. The van der Waals surface area contributed by atoms with Crippen molar-refractivity contribution in [1.29, 1.82) is 0 Å². The van der Waals surface area contributed by atoms with Gasteiger partial charge in [0.2, 0.25) is 5.91 Å². The van der Waals surface area contributed by atoms with Crippen molar-refractivity contribution in [3.63, 3.8) is 0 Å². The molecule has 1 aromatic heterocycles. The van der Waals surface area contributed by atoms with Crippen molar-refractivity contribution in [2.45, 2.75) is 5.03 Å². The molecule has 0 radical (unpaired) electrons. The number of rotatable bonds is 6. The summed E-state index contributed by atoms with van der Waals surface area (Å²) in [7, 11) is 0. The van der Waals surface area contributed by atoms with Crippen LogP contribution >= 0.6 is 35.0 Å². The van der Waals surface area contributed by atoms with Crippen LogP contribution in [0.4, 0.5) is 17.2 Å². The minimum Gasteiger partial charge on any atom is -0.368 e. The van der Waals surface area contributed by atoms with Crippen molar-refractivity contribution >= 4 is 58.1 Å². The van der Waals surface area contributed by atoms with Gasteiger partial charge < -0.3 is 15.1 Å². The molecule has 0 aliphatic carbocycles. The molecule has 1 fully saturated rings. The highest BCUT2D eigenvalue weighted by Gasteiger charge is 2.19. The van der Waals surface area contributed by atoms with Gasteiger partial charge in [-0.1, -0.05) is 53.2 Å². The first-order chi connectivity index (χ1) is 15.1. The summed E-state index contributed by atoms with van der Waals surface area (Å²) in [5.41, 5.74) is 1.82. The average molecular weight is 474 g/mol. The molecule has 0 atom stereocenters. The molecule has 0 saturated carbocycles. The lowest BCUT2D eigenvalue weighted by Gasteiger charge is -2.36. The molecule has 0 bridgehead atoms. The molecule has 4 rings (SSSR count). The fraction of sp³-hybridized carbons (Fsp3) is 0.227. The van der Waals surface area contributed by atoms with Gasteiger partial charge in [-0.2, -0.15) is 0 Å². The maximum absolute atomic E-state index is 12.3. The van der Waals surface area contributed by atoms with Crippen molar-refractivity contribution in [2.24, 2.45) is 0 Å². The number of carbonyl (C=O) groups excluding carboxylic acids is 1. The van der Waals surface area contributed by atoms with E-state index in [0.29, 0.717) is 15.7 Å². The molecule has 0 spiro atoms. The maximum atomic E-state index is 12.3. The highest BCUT2D eigenvalue weighted by molar-refractivity contribution is 7.99. The Morgan fingerprint density at radius 1 is 0.935 bits per heavy atom. The van der Waals surface area contributed by atoms with Crippen LogP contribution < -0.4 is 15.1 Å². The van der Waals surface area contributed by atoms with Gasteiger partial charge in [0.05, 0.1) is 5.75 Å². The lowest BCUT2D eigenvalue weighted by molar-refractivity contribution is -0.113. The Morgan fingerprint density at radius 2 is 1.61 bits per heavy atom. The van der Waals surface area contributed by atoms with Crippen LogP contribution in [0.1, 0.15) is 0 Å². The van der Waals surface area contributed by atoms with E-state index in [9.17, 15) is 4.79 Å². The second kappa shape index (κ2) is 10.2. The number of thioether (sulfide) groups is 1. The van der Waals surface area contributed by atoms with E-state index in [1.165, 1.54) is 17.4 Å². The van der Waals surface area contributed by atoms with Gasteiger partial charge in [-0.3, -0.25) is 4.79 Å². The number of hydrogen-bond donors (Lipinski definition) is 1. The number of halogens is 2. The Kier molecular flexibility index (Phi) is 7.17. The van der Waals surface area contributed by atoms with Crippen LogP contribution in [0.3, 0.4) is 0 Å². The summed E-state index contributed by atoms with van der Waals surface area (Å²) < 4.78 is 0. The summed E-state index contributed by atoms with van der Waals surface area (Å²) in [5, 5.41) is 4.51. The van der Waals surface area contributed by atoms with Gasteiger partial charge >= 0.3 is 0 Å². The third-order valence-electron chi connectivity index (χ3n) is 4.85. The van der Waals surface area contributed by atoms with Gasteiger partial charge in [0.1, 0.15) is 17.2 Å². The first kappa shape index (κ1) is 21.7. The summed E-state index contributed by atoms with van der Waals surface area (Å²) in [4.78, 5) is 25.6. The van der Waals surface area contributed by atoms with E-state index in [0.717, 1.165) is 37.0 Å². The molecule has 1 aliphatic rings. The summed E-state index contributed by atoms with van der Waals surface area (Å²) >= 11 is 13.3. The van der Waals surface area contributed by atoms with E-state index < -0.39 is 0 Å². The lowest BCUT2D eigenvalue weighted by atomic mass is 10.2. The van der Waals surface area contributed by atoms with Crippen LogP contribution in [-0.2, 0) is 4.79 Å². The van der Waals surface area contributed by atoms with Gasteiger partial charge in [0.25, 0.3) is 0 Å². The molecule has 31 heavy (non-hydrogen) atoms. The van der Waals surface area contributed by atoms with Crippen molar-refractivity contribution in [1.82, 2.24) is 9.97 Å². The normalized spacial score (nSPS) is 13.9. The summed E-state index contributed by atoms with van der Waals surface area (Å²) in [6.45, 7) is 3.63. The van der Waals surface area contributed by atoms with Crippen molar-refractivity contribution in [3.05, 3.63) is 71.0 Å². The van der Waals surface area contributed by atoms with Gasteiger partial charge in [-0.05, 0) is 30.3 Å². The molecule has 1 N–H and O–H groups in total. The van der Waals surface area contributed by atoms with Crippen molar-refractivity contribution in [2.75, 3.05) is 47.0 Å². The highest BCUT2D eigenvalue weighted by Crippen LogP contribution is 2.24. The molecular weight excluding hydrogens is 453 g/mol. The topological polar surface area (TPSA) is 61.4 Å². The van der Waals surface area contributed by atoms with Gasteiger partial charge in [0, 0.05) is 53.7 Å². The van der Waals surface area contributed by atoms with E-state index in [4.69, 9.17) is 23.2 Å². The maximum Gasteiger partial charge on any atom is 0.234 e. The van der Waals surface area contributed by atoms with E-state index >= 15 is 0 Å². The lowest BCUT2D eigenvalue weighted by Crippen LogP contribution is -2.46. The van der Waals surface area contributed by atoms with Gasteiger partial charge in [-0.15, -0.1) is 0 Å². The molecule has 3 aromatic rings. The van der Waals surface area contributed by atoms with Crippen molar-refractivity contribution < 1.29 is 4.79 Å². The predicted octanol–water partition coefficient (Wildman–Crippen LogP) is 4.84. The Balaban J connectivity index is 1.31. The largest absolute Gasteiger partial charge is 0.368 e. The summed E-state index contributed by atoms with van der Waals surface area (Å²) in [6.07, 6.45) is 1.55. The van der Waals surface area contributed by atoms with Crippen molar-refractivity contribution in [3.8, 4) is 0 Å². The zero-order valence-electron chi connectivity index (χ0n) is 16.7. The Morgan fingerprint density at radius 3 is 2.32 bits per heavy atom. The molecule has 9 heteroatoms. The molecular formula is C22H21Cl2N5OS. The fourth-order valence-corrected chi connectivity index (χ4v) is 4.56. The average Bonchev–Trinajstić information content (AvgIpc) is 2.78. The van der Waals surface area contributed by atoms with E-state index in [1.807, 2.05) is 12.1 Å². The molecule has 0 unspecified atom stereocenters. The first-order valence-corrected chi connectivity index (χ1v) is 11.6. The molecule has 2 heterocycles. The first-order valence-electron chi connectivity index (χ1n) is 9.82. The molecule has 160 valence electrons. The minimum absolute atomic E-state index is 0.153. The number of para-hydroxylation sites is 1. The number of carbonyl (C=O) groups is 1. The number of hydrogen-bond acceptors (Lipinski definition) is 6. The van der Waals surface area contributed by atoms with Crippen LogP contribution in [0.2, 0.25) is 10.0 Å². The van der Waals surface area contributed by atoms with Crippen LogP contribution in [0.25, 0.3) is 0 Å². The van der Waals surface area contributed by atoms with Crippen LogP contribution in [0.15, 0.2) is 66.0 Å². The number of nitrogens with one attached hydrogen (secondary N) is 1. The van der Waals surface area contributed by atoms with E-state index in [2.05, 4.69) is 49.4 Å². The number of piperazine rings is 1. The SMILES string of the molecule is O=C(CSc1cc(N2CCN(c3ccccc3)CC2)ncn1)Nc1cc(Cl)cc(Cl)c1. The third kappa shape index (κ3) is 6.03. The molecule has 1 aliphatic heterocycles. The number of amides is 1. The Hall–Kier alpha value is -2.48. The van der Waals surface area contributed by atoms with E-state index in [-0.39, 0.29) is 11.7 Å².